The highest BCUT2D eigenvalue weighted by Crippen LogP contribution is 2.56. The highest BCUT2D eigenvalue weighted by Gasteiger charge is 2.67. The lowest BCUT2D eigenvalue weighted by Gasteiger charge is -2.36. The first-order chi connectivity index (χ1) is 16.1. The molecule has 4 unspecified atom stereocenters. The smallest absolute Gasteiger partial charge is 0.329 e. The zero-order valence-electron chi connectivity index (χ0n) is 18.1. The number of Topliss-reactive ketones (excluding diaryl/α,β-unsaturated/α-hetero) is 1. The molecular weight excluding hydrogens is 412 g/mol. The molecule has 5 heteroatoms. The van der Waals surface area contributed by atoms with Crippen LogP contribution in [0, 0.1) is 16.7 Å². The van der Waals surface area contributed by atoms with E-state index < -0.39 is 29.4 Å². The van der Waals surface area contributed by atoms with Crippen molar-refractivity contribution in [2.24, 2.45) is 5.41 Å². The number of nitrogens with zero attached hydrogens (tertiary/aromatic N) is 2. The maximum absolute atomic E-state index is 14.1. The van der Waals surface area contributed by atoms with Gasteiger partial charge in [0.15, 0.2) is 11.2 Å². The van der Waals surface area contributed by atoms with Crippen LogP contribution < -0.4 is 4.90 Å². The SMILES string of the molecule is COC(=O)C1(C#N)C(c2ccccc2)C(C(=O)c2ccccc2)N2c3ccccc3C=CC21. The number of ether oxygens (including phenoxy) is 1. The summed E-state index contributed by atoms with van der Waals surface area (Å²) in [5.41, 5.74) is 1.44. The standard InChI is InChI=1S/C28H22N2O3/c1-33-27(32)28(18-29)23-17-16-19-10-8-9-15-22(19)30(23)25(24(28)20-11-4-2-5-12-20)26(31)21-13-6-3-7-14-21/h2-17,23-25H,1H3. The van der Waals surface area contributed by atoms with Crippen molar-refractivity contribution in [1.82, 2.24) is 0 Å². The van der Waals surface area contributed by atoms with Crippen LogP contribution in [0.15, 0.2) is 91.0 Å². The lowest BCUT2D eigenvalue weighted by molar-refractivity contribution is -0.150. The van der Waals surface area contributed by atoms with Crippen LogP contribution in [0.25, 0.3) is 6.08 Å². The highest BCUT2D eigenvalue weighted by molar-refractivity contribution is 6.06. The second-order valence-corrected chi connectivity index (χ2v) is 8.31. The summed E-state index contributed by atoms with van der Waals surface area (Å²) in [7, 11) is 1.29. The molecule has 0 amide bonds. The van der Waals surface area contributed by atoms with Gasteiger partial charge in [-0.05, 0) is 17.2 Å². The summed E-state index contributed by atoms with van der Waals surface area (Å²) in [5, 5.41) is 10.6. The van der Waals surface area contributed by atoms with Crippen molar-refractivity contribution in [3.05, 3.63) is 108 Å². The van der Waals surface area contributed by atoms with Crippen LogP contribution in [0.1, 0.15) is 27.4 Å². The zero-order valence-corrected chi connectivity index (χ0v) is 18.1. The molecule has 3 aromatic carbocycles. The number of ketones is 1. The number of carbonyl (C=O) groups excluding carboxylic acids is 2. The van der Waals surface area contributed by atoms with Crippen molar-refractivity contribution in [2.45, 2.75) is 18.0 Å². The van der Waals surface area contributed by atoms with Crippen molar-refractivity contribution < 1.29 is 14.3 Å². The van der Waals surface area contributed by atoms with E-state index in [9.17, 15) is 14.9 Å². The summed E-state index contributed by atoms with van der Waals surface area (Å²) < 4.78 is 5.22. The van der Waals surface area contributed by atoms with Crippen LogP contribution >= 0.6 is 0 Å². The van der Waals surface area contributed by atoms with E-state index in [1.807, 2.05) is 89.8 Å². The van der Waals surface area contributed by atoms with Gasteiger partial charge in [-0.3, -0.25) is 9.59 Å². The minimum Gasteiger partial charge on any atom is -0.468 e. The molecule has 0 bridgehead atoms. The molecule has 33 heavy (non-hydrogen) atoms. The molecule has 0 aromatic heterocycles. The molecule has 0 N–H and O–H groups in total. The zero-order chi connectivity index (χ0) is 23.0. The Hall–Kier alpha value is -4.17. The Morgan fingerprint density at radius 1 is 0.939 bits per heavy atom. The molecule has 1 saturated heterocycles. The van der Waals surface area contributed by atoms with Gasteiger partial charge in [0.2, 0.25) is 0 Å². The van der Waals surface area contributed by atoms with Gasteiger partial charge in [-0.1, -0.05) is 91.0 Å². The molecule has 0 aliphatic carbocycles. The molecule has 5 nitrogen and oxygen atoms in total. The fourth-order valence-corrected chi connectivity index (χ4v) is 5.34. The molecule has 2 aliphatic rings. The third-order valence-electron chi connectivity index (χ3n) is 6.74. The number of hydrogen-bond donors (Lipinski definition) is 0. The van der Waals surface area contributed by atoms with Crippen LogP contribution in [0.4, 0.5) is 5.69 Å². The van der Waals surface area contributed by atoms with E-state index in [4.69, 9.17) is 4.74 Å². The van der Waals surface area contributed by atoms with Gasteiger partial charge in [-0.2, -0.15) is 5.26 Å². The normalized spacial score (nSPS) is 25.0. The number of hydrogen-bond acceptors (Lipinski definition) is 5. The van der Waals surface area contributed by atoms with Crippen LogP contribution in [0.3, 0.4) is 0 Å². The number of methoxy groups -OCH3 is 1. The summed E-state index contributed by atoms with van der Waals surface area (Å²) >= 11 is 0. The van der Waals surface area contributed by atoms with Crippen LogP contribution in [-0.2, 0) is 9.53 Å². The Kier molecular flexibility index (Phi) is 5.07. The number of rotatable bonds is 4. The van der Waals surface area contributed by atoms with Crippen LogP contribution in [-0.4, -0.2) is 30.9 Å². The molecule has 2 aliphatic heterocycles. The lowest BCUT2D eigenvalue weighted by atomic mass is 9.68. The minimum absolute atomic E-state index is 0.138. The molecule has 0 radical (unpaired) electrons. The first-order valence-electron chi connectivity index (χ1n) is 10.8. The summed E-state index contributed by atoms with van der Waals surface area (Å²) in [6.07, 6.45) is 3.78. The average Bonchev–Trinajstić information content (AvgIpc) is 3.20. The summed E-state index contributed by atoms with van der Waals surface area (Å²) in [5.74, 6) is -1.51. The molecule has 3 aromatic rings. The molecule has 0 saturated carbocycles. The second-order valence-electron chi connectivity index (χ2n) is 8.31. The van der Waals surface area contributed by atoms with Crippen LogP contribution in [0.5, 0.6) is 0 Å². The Labute approximate surface area is 192 Å². The Balaban J connectivity index is 1.82. The lowest BCUT2D eigenvalue weighted by Crippen LogP contribution is -2.46. The van der Waals surface area contributed by atoms with Gasteiger partial charge in [0.25, 0.3) is 0 Å². The monoisotopic (exact) mass is 434 g/mol. The van der Waals surface area contributed by atoms with Crippen molar-refractivity contribution >= 4 is 23.5 Å². The first kappa shape index (κ1) is 20.7. The van der Waals surface area contributed by atoms with Gasteiger partial charge < -0.3 is 9.64 Å². The van der Waals surface area contributed by atoms with Crippen molar-refractivity contribution in [1.29, 1.82) is 5.26 Å². The predicted molar refractivity (Wildman–Crippen MR) is 126 cm³/mol. The van der Waals surface area contributed by atoms with Gasteiger partial charge in [-0.25, -0.2) is 0 Å². The van der Waals surface area contributed by atoms with Gasteiger partial charge in [0.1, 0.15) is 6.04 Å². The third-order valence-corrected chi connectivity index (χ3v) is 6.74. The van der Waals surface area contributed by atoms with Gasteiger partial charge in [0.05, 0.1) is 19.2 Å². The maximum Gasteiger partial charge on any atom is 0.329 e. The predicted octanol–water partition coefficient (Wildman–Crippen LogP) is 4.62. The van der Waals surface area contributed by atoms with Crippen LogP contribution in [0.2, 0.25) is 0 Å². The van der Waals surface area contributed by atoms with Gasteiger partial charge >= 0.3 is 5.97 Å². The number of para-hydroxylation sites is 1. The molecule has 0 spiro atoms. The summed E-state index contributed by atoms with van der Waals surface area (Å²) in [6.45, 7) is 0. The molecule has 5 rings (SSSR count). The van der Waals surface area contributed by atoms with E-state index in [2.05, 4.69) is 6.07 Å². The summed E-state index contributed by atoms with van der Waals surface area (Å²) in [4.78, 5) is 29.4. The molecule has 1 fully saturated rings. The van der Waals surface area contributed by atoms with E-state index in [0.717, 1.165) is 16.8 Å². The number of carbonyl (C=O) groups is 2. The van der Waals surface area contributed by atoms with E-state index >= 15 is 0 Å². The van der Waals surface area contributed by atoms with E-state index in [1.165, 1.54) is 7.11 Å². The minimum atomic E-state index is -1.60. The van der Waals surface area contributed by atoms with E-state index in [-0.39, 0.29) is 5.78 Å². The first-order valence-corrected chi connectivity index (χ1v) is 10.8. The fourth-order valence-electron chi connectivity index (χ4n) is 5.34. The number of anilines is 1. The topological polar surface area (TPSA) is 70.4 Å². The van der Waals surface area contributed by atoms with Crippen molar-refractivity contribution in [3.63, 3.8) is 0 Å². The average molecular weight is 434 g/mol. The quantitative estimate of drug-likeness (QED) is 0.443. The number of fused-ring (bicyclic) bond motifs is 3. The van der Waals surface area contributed by atoms with E-state index in [0.29, 0.717) is 5.56 Å². The fraction of sp³-hybridized carbons (Fsp3) is 0.179. The molecule has 4 atom stereocenters. The number of benzene rings is 3. The Morgan fingerprint density at radius 3 is 2.24 bits per heavy atom. The largest absolute Gasteiger partial charge is 0.468 e. The Morgan fingerprint density at radius 2 is 1.58 bits per heavy atom. The van der Waals surface area contributed by atoms with Gasteiger partial charge in [0, 0.05) is 17.2 Å². The summed E-state index contributed by atoms with van der Waals surface area (Å²) in [6, 6.07) is 27.0. The molecule has 2 heterocycles. The van der Waals surface area contributed by atoms with Gasteiger partial charge in [-0.15, -0.1) is 0 Å². The molecule has 162 valence electrons. The van der Waals surface area contributed by atoms with Crippen molar-refractivity contribution in [2.75, 3.05) is 12.0 Å². The molecular formula is C28H22N2O3. The Bertz CT molecular complexity index is 1280. The number of nitriles is 1. The van der Waals surface area contributed by atoms with E-state index in [1.54, 1.807) is 12.1 Å². The third kappa shape index (κ3) is 2.99. The second kappa shape index (κ2) is 8.07. The maximum atomic E-state index is 14.1. The van der Waals surface area contributed by atoms with Crippen molar-refractivity contribution in [3.8, 4) is 6.07 Å². The highest BCUT2D eigenvalue weighted by atomic mass is 16.5. The number of esters is 1.